The molecule has 5 nitrogen and oxygen atoms in total. The molecule has 1 saturated heterocycles. The van der Waals surface area contributed by atoms with Crippen LogP contribution in [0.15, 0.2) is 18.2 Å². The minimum atomic E-state index is -4.72. The first kappa shape index (κ1) is 17.1. The van der Waals surface area contributed by atoms with Crippen molar-refractivity contribution in [1.82, 2.24) is 5.32 Å². The Kier molecular flexibility index (Phi) is 4.53. The third-order valence-electron chi connectivity index (χ3n) is 3.46. The summed E-state index contributed by atoms with van der Waals surface area (Å²) in [5, 5.41) is 2.41. The zero-order valence-corrected chi connectivity index (χ0v) is 12.9. The molecule has 126 valence electrons. The van der Waals surface area contributed by atoms with E-state index in [1.807, 2.05) is 0 Å². The van der Waals surface area contributed by atoms with Crippen LogP contribution < -0.4 is 15.0 Å². The van der Waals surface area contributed by atoms with E-state index in [1.54, 1.807) is 20.8 Å². The van der Waals surface area contributed by atoms with Gasteiger partial charge >= 0.3 is 12.2 Å². The predicted molar refractivity (Wildman–Crippen MR) is 77.3 cm³/mol. The third kappa shape index (κ3) is 3.25. The van der Waals surface area contributed by atoms with Crippen LogP contribution in [0.2, 0.25) is 0 Å². The van der Waals surface area contributed by atoms with Gasteiger partial charge in [0.25, 0.3) is 5.91 Å². The lowest BCUT2D eigenvalue weighted by molar-refractivity contribution is -0.137. The molecule has 0 aliphatic carbocycles. The molecule has 0 bridgehead atoms. The molecule has 1 aliphatic rings. The molecule has 1 atom stereocenters. The number of nitrogens with one attached hydrogen (secondary N) is 1. The molecular weight excluding hydrogens is 313 g/mol. The minimum Gasteiger partial charge on any atom is -0.494 e. The van der Waals surface area contributed by atoms with E-state index in [1.165, 1.54) is 6.07 Å². The second-order valence-electron chi connectivity index (χ2n) is 5.45. The molecule has 23 heavy (non-hydrogen) atoms. The molecule has 1 aliphatic heterocycles. The van der Waals surface area contributed by atoms with Crippen molar-refractivity contribution in [2.45, 2.75) is 33.0 Å². The number of rotatable bonds is 4. The summed E-state index contributed by atoms with van der Waals surface area (Å²) in [5.41, 5.74) is -1.58. The van der Waals surface area contributed by atoms with Gasteiger partial charge in [0.05, 0.1) is 17.9 Å². The number of halogens is 3. The highest BCUT2D eigenvalue weighted by Gasteiger charge is 2.45. The van der Waals surface area contributed by atoms with E-state index in [-0.39, 0.29) is 18.3 Å². The average Bonchev–Trinajstić information content (AvgIpc) is 2.74. The van der Waals surface area contributed by atoms with E-state index >= 15 is 0 Å². The van der Waals surface area contributed by atoms with Crippen LogP contribution in [0, 0.1) is 5.92 Å². The predicted octanol–water partition coefficient (Wildman–Crippen LogP) is 3.18. The molecular formula is C15H17F3N2O3. The Morgan fingerprint density at radius 3 is 2.43 bits per heavy atom. The number of ether oxygens (including phenoxy) is 1. The summed E-state index contributed by atoms with van der Waals surface area (Å²) >= 11 is 0. The van der Waals surface area contributed by atoms with Crippen LogP contribution in [0.1, 0.15) is 26.3 Å². The second kappa shape index (κ2) is 6.10. The van der Waals surface area contributed by atoms with Crippen LogP contribution in [0.4, 0.5) is 23.7 Å². The van der Waals surface area contributed by atoms with Gasteiger partial charge < -0.3 is 10.1 Å². The lowest BCUT2D eigenvalue weighted by Crippen LogP contribution is -2.35. The molecule has 0 saturated carbocycles. The Balaban J connectivity index is 2.50. The normalized spacial score (nSPS) is 18.6. The lowest BCUT2D eigenvalue weighted by Gasteiger charge is -2.20. The maximum atomic E-state index is 13.3. The highest BCUT2D eigenvalue weighted by Crippen LogP contribution is 2.40. The molecule has 2 rings (SSSR count). The van der Waals surface area contributed by atoms with Crippen molar-refractivity contribution in [3.05, 3.63) is 23.8 Å². The fourth-order valence-electron chi connectivity index (χ4n) is 2.37. The summed E-state index contributed by atoms with van der Waals surface area (Å²) < 4.78 is 45.0. The molecule has 3 amide bonds. The third-order valence-corrected chi connectivity index (χ3v) is 3.46. The number of hydrogen-bond acceptors (Lipinski definition) is 3. The van der Waals surface area contributed by atoms with Crippen molar-refractivity contribution in [1.29, 1.82) is 0 Å². The Hall–Kier alpha value is -2.25. The monoisotopic (exact) mass is 330 g/mol. The van der Waals surface area contributed by atoms with E-state index < -0.39 is 35.4 Å². The number of carbonyl (C=O) groups is 2. The highest BCUT2D eigenvalue weighted by atomic mass is 19.4. The van der Waals surface area contributed by atoms with Crippen molar-refractivity contribution in [3.8, 4) is 5.75 Å². The number of benzene rings is 1. The standard InChI is InChI=1S/C15H17F3N2O3/c1-4-23-9-5-6-11(10(7-9)15(16,17)18)20-13(21)12(8(2)3)19-14(20)22/h5-8,12H,4H2,1-3H3,(H,19,22)/t12-/m0/s1. The molecule has 8 heteroatoms. The number of imide groups is 1. The summed E-state index contributed by atoms with van der Waals surface area (Å²) in [4.78, 5) is 24.8. The number of hydrogen-bond donors (Lipinski definition) is 1. The van der Waals surface area contributed by atoms with Crippen molar-refractivity contribution >= 4 is 17.6 Å². The maximum absolute atomic E-state index is 13.3. The fraction of sp³-hybridized carbons (Fsp3) is 0.467. The number of urea groups is 1. The first-order valence-corrected chi connectivity index (χ1v) is 7.15. The zero-order valence-electron chi connectivity index (χ0n) is 12.9. The van der Waals surface area contributed by atoms with Gasteiger partial charge in [0.2, 0.25) is 0 Å². The number of carbonyl (C=O) groups excluding carboxylic acids is 2. The topological polar surface area (TPSA) is 58.6 Å². The van der Waals surface area contributed by atoms with Gasteiger partial charge in [0.15, 0.2) is 0 Å². The average molecular weight is 330 g/mol. The van der Waals surface area contributed by atoms with E-state index in [9.17, 15) is 22.8 Å². The summed E-state index contributed by atoms with van der Waals surface area (Å²) in [7, 11) is 0. The van der Waals surface area contributed by atoms with Crippen LogP contribution in [-0.4, -0.2) is 24.6 Å². The van der Waals surface area contributed by atoms with Gasteiger partial charge in [0.1, 0.15) is 11.8 Å². The largest absolute Gasteiger partial charge is 0.494 e. The quantitative estimate of drug-likeness (QED) is 0.863. The summed E-state index contributed by atoms with van der Waals surface area (Å²) in [6.07, 6.45) is -4.72. The lowest BCUT2D eigenvalue weighted by atomic mass is 10.0. The summed E-state index contributed by atoms with van der Waals surface area (Å²) in [6.45, 7) is 5.26. The minimum absolute atomic E-state index is 0.0241. The van der Waals surface area contributed by atoms with Crippen molar-refractivity contribution < 1.29 is 27.5 Å². The smallest absolute Gasteiger partial charge is 0.418 e. The molecule has 1 fully saturated rings. The van der Waals surface area contributed by atoms with Crippen LogP contribution in [-0.2, 0) is 11.0 Å². The maximum Gasteiger partial charge on any atom is 0.418 e. The molecule has 1 heterocycles. The van der Waals surface area contributed by atoms with Gasteiger partial charge in [-0.3, -0.25) is 4.79 Å². The SMILES string of the molecule is CCOc1ccc(N2C(=O)N[C@@H](C(C)C)C2=O)c(C(F)(F)F)c1. The van der Waals surface area contributed by atoms with Crippen LogP contribution >= 0.6 is 0 Å². The van der Waals surface area contributed by atoms with Gasteiger partial charge in [-0.15, -0.1) is 0 Å². The van der Waals surface area contributed by atoms with Crippen molar-refractivity contribution in [3.63, 3.8) is 0 Å². The molecule has 0 aromatic heterocycles. The zero-order chi connectivity index (χ0) is 17.4. The van der Waals surface area contributed by atoms with Gasteiger partial charge in [0, 0.05) is 0 Å². The molecule has 0 radical (unpaired) electrons. The molecule has 0 spiro atoms. The van der Waals surface area contributed by atoms with E-state index in [0.29, 0.717) is 4.90 Å². The first-order chi connectivity index (χ1) is 10.7. The van der Waals surface area contributed by atoms with Crippen LogP contribution in [0.5, 0.6) is 5.75 Å². The summed E-state index contributed by atoms with van der Waals surface area (Å²) in [5.74, 6) is -0.899. The van der Waals surface area contributed by atoms with E-state index in [4.69, 9.17) is 4.74 Å². The Morgan fingerprint density at radius 2 is 1.96 bits per heavy atom. The van der Waals surface area contributed by atoms with Crippen molar-refractivity contribution in [2.75, 3.05) is 11.5 Å². The number of anilines is 1. The Morgan fingerprint density at radius 1 is 1.30 bits per heavy atom. The number of alkyl halides is 3. The van der Waals surface area contributed by atoms with Gasteiger partial charge in [-0.25, -0.2) is 9.69 Å². The summed E-state index contributed by atoms with van der Waals surface area (Å²) in [6, 6.07) is 1.48. The van der Waals surface area contributed by atoms with Crippen LogP contribution in [0.3, 0.4) is 0 Å². The van der Waals surface area contributed by atoms with Crippen LogP contribution in [0.25, 0.3) is 0 Å². The number of amides is 3. The highest BCUT2D eigenvalue weighted by molar-refractivity contribution is 6.21. The van der Waals surface area contributed by atoms with Gasteiger partial charge in [-0.2, -0.15) is 13.2 Å². The molecule has 0 unspecified atom stereocenters. The van der Waals surface area contributed by atoms with Gasteiger partial charge in [-0.1, -0.05) is 13.8 Å². The molecule has 1 N–H and O–H groups in total. The number of nitrogens with zero attached hydrogens (tertiary/aromatic N) is 1. The van der Waals surface area contributed by atoms with E-state index in [0.717, 1.165) is 12.1 Å². The fourth-order valence-corrected chi connectivity index (χ4v) is 2.37. The Labute approximate surface area is 131 Å². The molecule has 1 aromatic carbocycles. The molecule has 1 aromatic rings. The van der Waals surface area contributed by atoms with Crippen molar-refractivity contribution in [2.24, 2.45) is 5.92 Å². The van der Waals surface area contributed by atoms with Gasteiger partial charge in [-0.05, 0) is 31.0 Å². The van der Waals surface area contributed by atoms with E-state index in [2.05, 4.69) is 5.32 Å². The Bertz CT molecular complexity index is 629. The second-order valence-corrected chi connectivity index (χ2v) is 5.45. The first-order valence-electron chi connectivity index (χ1n) is 7.15.